The minimum atomic E-state index is 0.0102. The lowest BCUT2D eigenvalue weighted by Crippen LogP contribution is -2.45. The lowest BCUT2D eigenvalue weighted by molar-refractivity contribution is -0.127. The Balaban J connectivity index is 1.29. The Labute approximate surface area is 215 Å². The second-order valence-corrected chi connectivity index (χ2v) is 9.43. The molecule has 37 heavy (non-hydrogen) atoms. The van der Waals surface area contributed by atoms with Gasteiger partial charge in [0.1, 0.15) is 23.8 Å². The lowest BCUT2D eigenvalue weighted by atomic mass is 9.99. The van der Waals surface area contributed by atoms with Crippen molar-refractivity contribution in [3.63, 3.8) is 0 Å². The molecular formula is C29H29N5O3. The van der Waals surface area contributed by atoms with E-state index >= 15 is 0 Å². The van der Waals surface area contributed by atoms with Gasteiger partial charge in [-0.2, -0.15) is 5.10 Å². The summed E-state index contributed by atoms with van der Waals surface area (Å²) in [6.07, 6.45) is 4.93. The number of aromatic nitrogens is 3. The zero-order valence-corrected chi connectivity index (χ0v) is 20.8. The zero-order chi connectivity index (χ0) is 25.4. The summed E-state index contributed by atoms with van der Waals surface area (Å²) in [4.78, 5) is 18.7. The second-order valence-electron chi connectivity index (χ2n) is 9.43. The summed E-state index contributed by atoms with van der Waals surface area (Å²) in [6, 6.07) is 18.8. The van der Waals surface area contributed by atoms with E-state index in [2.05, 4.69) is 47.3 Å². The number of piperidine rings is 1. The van der Waals surface area contributed by atoms with Gasteiger partial charge in [-0.05, 0) is 25.0 Å². The number of imidazole rings is 1. The molecule has 1 atom stereocenters. The highest BCUT2D eigenvalue weighted by Gasteiger charge is 2.30. The number of nitrogens with zero attached hydrogens (tertiary/aromatic N) is 4. The number of likely N-dealkylation sites (tertiary alicyclic amines) is 1. The molecule has 1 saturated heterocycles. The maximum Gasteiger partial charge on any atom is 0.245 e. The average Bonchev–Trinajstić information content (AvgIpc) is 3.54. The predicted molar refractivity (Wildman–Crippen MR) is 142 cm³/mol. The van der Waals surface area contributed by atoms with Crippen LogP contribution in [0.3, 0.4) is 0 Å². The highest BCUT2D eigenvalue weighted by molar-refractivity contribution is 5.87. The van der Waals surface area contributed by atoms with Crippen molar-refractivity contribution >= 4 is 11.6 Å². The first-order valence-corrected chi connectivity index (χ1v) is 12.6. The quantitative estimate of drug-likeness (QED) is 0.403. The molecule has 0 bridgehead atoms. The van der Waals surface area contributed by atoms with Gasteiger partial charge in [-0.1, -0.05) is 49.0 Å². The standard InChI is InChI=1S/C29H29N5O3/c1-3-27(35)33-13-11-21(12-14-33)31-24-18-37-25-15-20(9-10-23(24)25)28-29(19-7-5-4-6-8-19)34-26(32-28)16-22(36-2)17-30-34/h3-10,15-17,21,24,31H,1,11-14,18H2,2H3/t24-/m0/s1. The zero-order valence-electron chi connectivity index (χ0n) is 20.8. The van der Waals surface area contributed by atoms with Crippen LogP contribution >= 0.6 is 0 Å². The molecule has 2 aromatic heterocycles. The normalized spacial score (nSPS) is 17.4. The van der Waals surface area contributed by atoms with Crippen molar-refractivity contribution in [2.45, 2.75) is 24.9 Å². The number of fused-ring (bicyclic) bond motifs is 2. The van der Waals surface area contributed by atoms with Gasteiger partial charge >= 0.3 is 0 Å². The van der Waals surface area contributed by atoms with E-state index in [1.54, 1.807) is 13.3 Å². The van der Waals surface area contributed by atoms with Gasteiger partial charge in [0.2, 0.25) is 5.91 Å². The molecule has 2 aromatic carbocycles. The van der Waals surface area contributed by atoms with Crippen LogP contribution in [0.15, 0.2) is 73.4 Å². The van der Waals surface area contributed by atoms with Crippen LogP contribution in [-0.2, 0) is 4.79 Å². The van der Waals surface area contributed by atoms with Gasteiger partial charge in [0.15, 0.2) is 5.65 Å². The van der Waals surface area contributed by atoms with Crippen molar-refractivity contribution in [1.82, 2.24) is 24.8 Å². The highest BCUT2D eigenvalue weighted by atomic mass is 16.5. The predicted octanol–water partition coefficient (Wildman–Crippen LogP) is 4.27. The summed E-state index contributed by atoms with van der Waals surface area (Å²) in [5.41, 5.74) is 5.64. The van der Waals surface area contributed by atoms with Crippen LogP contribution in [-0.4, -0.2) is 58.3 Å². The van der Waals surface area contributed by atoms with E-state index in [1.807, 2.05) is 33.7 Å². The van der Waals surface area contributed by atoms with Gasteiger partial charge in [-0.15, -0.1) is 0 Å². The molecule has 2 aliphatic rings. The van der Waals surface area contributed by atoms with Crippen LogP contribution < -0.4 is 14.8 Å². The van der Waals surface area contributed by atoms with Gasteiger partial charge in [0.25, 0.3) is 0 Å². The Morgan fingerprint density at radius 2 is 1.95 bits per heavy atom. The van der Waals surface area contributed by atoms with Crippen molar-refractivity contribution in [2.75, 3.05) is 26.8 Å². The Morgan fingerprint density at radius 3 is 2.70 bits per heavy atom. The first-order valence-electron chi connectivity index (χ1n) is 12.6. The number of hydrogen-bond acceptors (Lipinski definition) is 6. The van der Waals surface area contributed by atoms with E-state index in [0.717, 1.165) is 65.4 Å². The summed E-state index contributed by atoms with van der Waals surface area (Å²) in [7, 11) is 1.63. The Bertz CT molecular complexity index is 1460. The fourth-order valence-electron chi connectivity index (χ4n) is 5.26. The fraction of sp³-hybridized carbons (Fsp3) is 0.276. The monoisotopic (exact) mass is 495 g/mol. The number of rotatable bonds is 6. The Kier molecular flexibility index (Phi) is 6.10. The minimum absolute atomic E-state index is 0.0102. The molecule has 2 aliphatic heterocycles. The lowest BCUT2D eigenvalue weighted by Gasteiger charge is -2.33. The Hall–Kier alpha value is -4.17. The first kappa shape index (κ1) is 23.2. The third kappa shape index (κ3) is 4.34. The average molecular weight is 496 g/mol. The van der Waals surface area contributed by atoms with E-state index in [1.165, 1.54) is 6.08 Å². The molecule has 8 nitrogen and oxygen atoms in total. The number of nitrogens with one attached hydrogen (secondary N) is 1. The van der Waals surface area contributed by atoms with Crippen LogP contribution in [0.1, 0.15) is 24.4 Å². The van der Waals surface area contributed by atoms with Gasteiger partial charge in [-0.25, -0.2) is 9.50 Å². The molecule has 8 heteroatoms. The number of carbonyl (C=O) groups is 1. The van der Waals surface area contributed by atoms with Crippen LogP contribution in [0.25, 0.3) is 28.2 Å². The summed E-state index contributed by atoms with van der Waals surface area (Å²) < 4.78 is 13.4. The molecule has 0 aliphatic carbocycles. The van der Waals surface area contributed by atoms with Crippen LogP contribution in [0.2, 0.25) is 0 Å². The summed E-state index contributed by atoms with van der Waals surface area (Å²) in [5, 5.41) is 8.35. The van der Waals surface area contributed by atoms with Crippen molar-refractivity contribution in [2.24, 2.45) is 0 Å². The van der Waals surface area contributed by atoms with Gasteiger partial charge in [0.05, 0.1) is 25.0 Å². The van der Waals surface area contributed by atoms with E-state index in [9.17, 15) is 4.79 Å². The molecule has 1 fully saturated rings. The van der Waals surface area contributed by atoms with Crippen LogP contribution in [0, 0.1) is 0 Å². The van der Waals surface area contributed by atoms with E-state index < -0.39 is 0 Å². The third-order valence-corrected chi connectivity index (χ3v) is 7.22. The first-order chi connectivity index (χ1) is 18.1. The van der Waals surface area contributed by atoms with Crippen LogP contribution in [0.4, 0.5) is 0 Å². The number of hydrogen-bond donors (Lipinski definition) is 1. The largest absolute Gasteiger partial charge is 0.495 e. The summed E-state index contributed by atoms with van der Waals surface area (Å²) in [5.74, 6) is 1.54. The molecule has 1 N–H and O–H groups in total. The summed E-state index contributed by atoms with van der Waals surface area (Å²) >= 11 is 0. The molecule has 0 saturated carbocycles. The third-order valence-electron chi connectivity index (χ3n) is 7.22. The number of methoxy groups -OCH3 is 1. The second kappa shape index (κ2) is 9.71. The molecule has 0 radical (unpaired) electrons. The molecular weight excluding hydrogens is 466 g/mol. The number of carbonyl (C=O) groups excluding carboxylic acids is 1. The molecule has 0 spiro atoms. The fourth-order valence-corrected chi connectivity index (χ4v) is 5.26. The smallest absolute Gasteiger partial charge is 0.245 e. The van der Waals surface area contributed by atoms with Gasteiger partial charge in [0, 0.05) is 41.9 Å². The molecule has 4 heterocycles. The highest BCUT2D eigenvalue weighted by Crippen LogP contribution is 2.39. The molecule has 4 aromatic rings. The van der Waals surface area contributed by atoms with Crippen molar-refractivity contribution < 1.29 is 14.3 Å². The minimum Gasteiger partial charge on any atom is -0.495 e. The van der Waals surface area contributed by atoms with Gasteiger partial charge in [-0.3, -0.25) is 4.79 Å². The number of benzene rings is 2. The van der Waals surface area contributed by atoms with Crippen molar-refractivity contribution in [3.05, 3.63) is 79.0 Å². The van der Waals surface area contributed by atoms with Crippen molar-refractivity contribution in [3.8, 4) is 34.0 Å². The molecule has 0 unspecified atom stereocenters. The maximum absolute atomic E-state index is 11.9. The molecule has 6 rings (SSSR count). The SMILES string of the molecule is C=CC(=O)N1CCC(N[C@H]2COc3cc(-c4nc5cc(OC)cnn5c4-c4ccccc4)ccc32)CC1. The van der Waals surface area contributed by atoms with E-state index in [0.29, 0.717) is 18.4 Å². The Morgan fingerprint density at radius 1 is 1.14 bits per heavy atom. The van der Waals surface area contributed by atoms with Gasteiger partial charge < -0.3 is 19.7 Å². The number of amides is 1. The molecule has 1 amide bonds. The van der Waals surface area contributed by atoms with Crippen molar-refractivity contribution in [1.29, 1.82) is 0 Å². The van der Waals surface area contributed by atoms with Crippen LogP contribution in [0.5, 0.6) is 11.5 Å². The molecule has 188 valence electrons. The van der Waals surface area contributed by atoms with E-state index in [4.69, 9.17) is 14.5 Å². The summed E-state index contributed by atoms with van der Waals surface area (Å²) in [6.45, 7) is 5.67. The number of ether oxygens (including phenoxy) is 2. The van der Waals surface area contributed by atoms with E-state index in [-0.39, 0.29) is 11.9 Å². The maximum atomic E-state index is 11.9. The topological polar surface area (TPSA) is 81.0 Å².